The summed E-state index contributed by atoms with van der Waals surface area (Å²) >= 11 is 9.69. The highest BCUT2D eigenvalue weighted by molar-refractivity contribution is 9.10. The van der Waals surface area contributed by atoms with Gasteiger partial charge in [0, 0.05) is 16.0 Å². The fourth-order valence-electron chi connectivity index (χ4n) is 5.10. The fourth-order valence-corrected chi connectivity index (χ4v) is 5.83. The summed E-state index contributed by atoms with van der Waals surface area (Å²) in [6, 6.07) is 17.4. The van der Waals surface area contributed by atoms with E-state index in [4.69, 9.17) is 26.8 Å². The number of nitriles is 3. The molecule has 2 aromatic carbocycles. The van der Waals surface area contributed by atoms with Gasteiger partial charge in [-0.25, -0.2) is 0 Å². The van der Waals surface area contributed by atoms with Crippen LogP contribution in [0.25, 0.3) is 0 Å². The molecule has 2 aliphatic carbocycles. The van der Waals surface area contributed by atoms with Crippen LogP contribution < -0.4 is 15.2 Å². The second-order valence-electron chi connectivity index (χ2n) is 8.54. The Morgan fingerprint density at radius 2 is 1.89 bits per heavy atom. The summed E-state index contributed by atoms with van der Waals surface area (Å²) in [6.45, 7) is 0.166. The first-order valence-electron chi connectivity index (χ1n) is 11.1. The number of hydrogen-bond donors (Lipinski definition) is 1. The summed E-state index contributed by atoms with van der Waals surface area (Å²) in [4.78, 5) is 0. The van der Waals surface area contributed by atoms with Gasteiger partial charge in [0.15, 0.2) is 5.41 Å². The van der Waals surface area contributed by atoms with Gasteiger partial charge in [-0.2, -0.15) is 15.8 Å². The molecule has 176 valence electrons. The number of halogens is 2. The van der Waals surface area contributed by atoms with Gasteiger partial charge in [-0.3, -0.25) is 0 Å². The Bertz CT molecular complexity index is 1350. The molecule has 2 aromatic rings. The number of allylic oxidation sites excluding steroid dienone is 4. The lowest BCUT2D eigenvalue weighted by molar-refractivity contribution is 0.294. The standard InChI is InChI=1S/C27H22BrClN4O2/c1-34-23-8-6-16(10-17(23)13-35-24-9-7-18(28)11-22(24)29)25-20-5-3-2-4-19(20)21(12-30)26(33)27(25,14-31)15-32/h4,6-11,20,25H,2-3,5,13,33H2,1H3. The van der Waals surface area contributed by atoms with Crippen molar-refractivity contribution in [3.8, 4) is 29.7 Å². The van der Waals surface area contributed by atoms with Gasteiger partial charge in [-0.1, -0.05) is 39.7 Å². The SMILES string of the molecule is COc1ccc(C2C3CCCC=C3C(C#N)=C(N)C2(C#N)C#N)cc1COc1ccc(Br)cc1Cl. The second-order valence-corrected chi connectivity index (χ2v) is 9.86. The van der Waals surface area contributed by atoms with Gasteiger partial charge >= 0.3 is 0 Å². The van der Waals surface area contributed by atoms with Gasteiger partial charge < -0.3 is 15.2 Å². The van der Waals surface area contributed by atoms with Gasteiger partial charge in [0.25, 0.3) is 0 Å². The lowest BCUT2D eigenvalue weighted by Crippen LogP contribution is -2.42. The molecule has 8 heteroatoms. The van der Waals surface area contributed by atoms with Crippen LogP contribution in [-0.2, 0) is 6.61 Å². The first-order chi connectivity index (χ1) is 16.9. The normalized spacial score (nSPS) is 20.5. The van der Waals surface area contributed by atoms with E-state index in [2.05, 4.69) is 34.1 Å². The van der Waals surface area contributed by atoms with Crippen LogP contribution in [0.15, 0.2) is 63.8 Å². The zero-order valence-electron chi connectivity index (χ0n) is 19.0. The lowest BCUT2D eigenvalue weighted by Gasteiger charge is -2.43. The maximum absolute atomic E-state index is 10.2. The third kappa shape index (κ3) is 4.25. The number of ether oxygens (including phenoxy) is 2. The molecule has 0 saturated heterocycles. The van der Waals surface area contributed by atoms with Crippen molar-refractivity contribution < 1.29 is 9.47 Å². The number of fused-ring (bicyclic) bond motifs is 1. The van der Waals surface area contributed by atoms with Crippen molar-refractivity contribution in [1.82, 2.24) is 0 Å². The molecule has 0 aliphatic heterocycles. The smallest absolute Gasteiger partial charge is 0.191 e. The van der Waals surface area contributed by atoms with Crippen molar-refractivity contribution in [3.63, 3.8) is 0 Å². The molecule has 4 rings (SSSR count). The molecule has 2 aliphatic rings. The quantitative estimate of drug-likeness (QED) is 0.469. The van der Waals surface area contributed by atoms with E-state index in [9.17, 15) is 15.8 Å². The molecule has 0 fully saturated rings. The summed E-state index contributed by atoms with van der Waals surface area (Å²) in [5.74, 6) is 0.417. The highest BCUT2D eigenvalue weighted by atomic mass is 79.9. The Morgan fingerprint density at radius 1 is 1.14 bits per heavy atom. The Morgan fingerprint density at radius 3 is 2.54 bits per heavy atom. The molecule has 0 amide bonds. The van der Waals surface area contributed by atoms with Crippen molar-refractivity contribution in [2.24, 2.45) is 17.1 Å². The zero-order chi connectivity index (χ0) is 25.2. The Balaban J connectivity index is 1.81. The molecule has 0 radical (unpaired) electrons. The molecule has 2 N–H and O–H groups in total. The first kappa shape index (κ1) is 24.7. The molecular formula is C27H22BrClN4O2. The molecular weight excluding hydrogens is 528 g/mol. The molecule has 0 spiro atoms. The molecule has 0 aromatic heterocycles. The molecule has 2 unspecified atom stereocenters. The number of nitrogens with two attached hydrogens (primary N) is 1. The van der Waals surface area contributed by atoms with E-state index in [-0.39, 0.29) is 23.8 Å². The predicted octanol–water partition coefficient (Wildman–Crippen LogP) is 6.28. The molecule has 2 atom stereocenters. The van der Waals surface area contributed by atoms with Crippen LogP contribution in [0.5, 0.6) is 11.5 Å². The van der Waals surface area contributed by atoms with Crippen LogP contribution in [0.4, 0.5) is 0 Å². The summed E-state index contributed by atoms with van der Waals surface area (Å²) in [6.07, 6.45) is 4.52. The Labute approximate surface area is 217 Å². The number of benzene rings is 2. The van der Waals surface area contributed by atoms with Crippen molar-refractivity contribution >= 4 is 27.5 Å². The van der Waals surface area contributed by atoms with Crippen molar-refractivity contribution in [2.75, 3.05) is 7.11 Å². The van der Waals surface area contributed by atoms with E-state index >= 15 is 0 Å². The van der Waals surface area contributed by atoms with E-state index in [0.717, 1.165) is 40.4 Å². The van der Waals surface area contributed by atoms with Crippen LogP contribution >= 0.6 is 27.5 Å². The highest BCUT2D eigenvalue weighted by Crippen LogP contribution is 2.56. The van der Waals surface area contributed by atoms with Crippen LogP contribution in [0.3, 0.4) is 0 Å². The van der Waals surface area contributed by atoms with E-state index < -0.39 is 11.3 Å². The fraction of sp³-hybridized carbons (Fsp3) is 0.296. The lowest BCUT2D eigenvalue weighted by atomic mass is 9.56. The van der Waals surface area contributed by atoms with Crippen LogP contribution in [0.1, 0.15) is 36.3 Å². The predicted molar refractivity (Wildman–Crippen MR) is 135 cm³/mol. The molecule has 0 saturated carbocycles. The third-order valence-corrected chi connectivity index (χ3v) is 7.53. The monoisotopic (exact) mass is 548 g/mol. The molecule has 6 nitrogen and oxygen atoms in total. The molecule has 0 bridgehead atoms. The van der Waals surface area contributed by atoms with Gasteiger partial charge in [0.05, 0.1) is 35.5 Å². The maximum Gasteiger partial charge on any atom is 0.191 e. The molecule has 0 heterocycles. The summed E-state index contributed by atoms with van der Waals surface area (Å²) in [5.41, 5.74) is 7.35. The first-order valence-corrected chi connectivity index (χ1v) is 12.2. The van der Waals surface area contributed by atoms with E-state index in [0.29, 0.717) is 16.5 Å². The van der Waals surface area contributed by atoms with Crippen LogP contribution in [-0.4, -0.2) is 7.11 Å². The van der Waals surface area contributed by atoms with Crippen molar-refractivity contribution in [2.45, 2.75) is 31.8 Å². The minimum absolute atomic E-state index is 0.0228. The van der Waals surface area contributed by atoms with Gasteiger partial charge in [0.2, 0.25) is 0 Å². The van der Waals surface area contributed by atoms with E-state index in [1.807, 2.05) is 30.3 Å². The Hall–Kier alpha value is -3.44. The summed E-state index contributed by atoms with van der Waals surface area (Å²) in [7, 11) is 1.57. The average molecular weight is 550 g/mol. The average Bonchev–Trinajstić information content (AvgIpc) is 2.87. The van der Waals surface area contributed by atoms with Crippen LogP contribution in [0, 0.1) is 45.3 Å². The molecule has 35 heavy (non-hydrogen) atoms. The van der Waals surface area contributed by atoms with Gasteiger partial charge in [-0.15, -0.1) is 0 Å². The topological polar surface area (TPSA) is 116 Å². The second kappa shape index (κ2) is 10.0. The van der Waals surface area contributed by atoms with E-state index in [1.54, 1.807) is 19.2 Å². The van der Waals surface area contributed by atoms with Gasteiger partial charge in [0.1, 0.15) is 24.2 Å². The number of nitrogens with zero attached hydrogens (tertiary/aromatic N) is 3. The largest absolute Gasteiger partial charge is 0.496 e. The highest BCUT2D eigenvalue weighted by Gasteiger charge is 2.53. The van der Waals surface area contributed by atoms with Crippen molar-refractivity contribution in [3.05, 3.63) is 79.9 Å². The van der Waals surface area contributed by atoms with E-state index in [1.165, 1.54) is 0 Å². The summed E-state index contributed by atoms with van der Waals surface area (Å²) < 4.78 is 12.4. The minimum atomic E-state index is -1.66. The van der Waals surface area contributed by atoms with Crippen LogP contribution in [0.2, 0.25) is 5.02 Å². The maximum atomic E-state index is 10.2. The third-order valence-electron chi connectivity index (χ3n) is 6.74. The van der Waals surface area contributed by atoms with Gasteiger partial charge in [-0.05, 0) is 66.6 Å². The minimum Gasteiger partial charge on any atom is -0.496 e. The number of rotatable bonds is 5. The van der Waals surface area contributed by atoms with Crippen molar-refractivity contribution in [1.29, 1.82) is 15.8 Å². The Kier molecular flexibility index (Phi) is 7.08. The number of hydrogen-bond acceptors (Lipinski definition) is 6. The number of methoxy groups -OCH3 is 1. The zero-order valence-corrected chi connectivity index (χ0v) is 21.4. The summed E-state index contributed by atoms with van der Waals surface area (Å²) in [5, 5.41) is 30.8.